The molecule has 1 saturated heterocycles. The first-order valence-electron chi connectivity index (χ1n) is 5.46. The molecule has 0 aliphatic carbocycles. The van der Waals surface area contributed by atoms with E-state index in [-0.39, 0.29) is 23.7 Å². The van der Waals surface area contributed by atoms with Crippen LogP contribution in [0, 0.1) is 11.7 Å². The van der Waals surface area contributed by atoms with Crippen molar-refractivity contribution in [1.82, 2.24) is 0 Å². The average Bonchev–Trinajstić information content (AvgIpc) is 2.73. The van der Waals surface area contributed by atoms with Crippen molar-refractivity contribution in [3.8, 4) is 0 Å². The van der Waals surface area contributed by atoms with Crippen LogP contribution in [0.25, 0.3) is 0 Å². The molecule has 2 unspecified atom stereocenters. The number of benzene rings is 1. The van der Waals surface area contributed by atoms with Crippen LogP contribution in [0.2, 0.25) is 0 Å². The van der Waals surface area contributed by atoms with E-state index in [9.17, 15) is 9.18 Å². The number of amides is 1. The number of anilines is 1. The summed E-state index contributed by atoms with van der Waals surface area (Å²) in [6.45, 7) is 0.729. The minimum absolute atomic E-state index is 0.138. The molecule has 0 spiro atoms. The van der Waals surface area contributed by atoms with Gasteiger partial charge < -0.3 is 15.4 Å². The van der Waals surface area contributed by atoms with E-state index in [1.54, 1.807) is 19.2 Å². The van der Waals surface area contributed by atoms with Crippen LogP contribution < -0.4 is 10.6 Å². The van der Waals surface area contributed by atoms with Gasteiger partial charge in [0, 0.05) is 18.8 Å². The molecule has 0 radical (unpaired) electrons. The van der Waals surface area contributed by atoms with Crippen LogP contribution in [0.3, 0.4) is 0 Å². The SMILES string of the molecule is CN(C(=O)C1COCC1N)c1cccc(F)c1. The molecule has 5 heteroatoms. The fourth-order valence-corrected chi connectivity index (χ4v) is 1.89. The van der Waals surface area contributed by atoms with Gasteiger partial charge in [0.15, 0.2) is 0 Å². The lowest BCUT2D eigenvalue weighted by Gasteiger charge is -2.22. The zero-order valence-corrected chi connectivity index (χ0v) is 9.60. The van der Waals surface area contributed by atoms with Gasteiger partial charge in [0.05, 0.1) is 19.1 Å². The third-order valence-corrected chi connectivity index (χ3v) is 2.97. The predicted molar refractivity (Wildman–Crippen MR) is 62.1 cm³/mol. The van der Waals surface area contributed by atoms with Gasteiger partial charge in [0.25, 0.3) is 0 Å². The van der Waals surface area contributed by atoms with Gasteiger partial charge in [-0.1, -0.05) is 6.07 Å². The number of hydrogen-bond donors (Lipinski definition) is 1. The fourth-order valence-electron chi connectivity index (χ4n) is 1.89. The molecule has 17 heavy (non-hydrogen) atoms. The molecule has 92 valence electrons. The highest BCUT2D eigenvalue weighted by Crippen LogP contribution is 2.20. The summed E-state index contributed by atoms with van der Waals surface area (Å²) < 4.78 is 18.2. The largest absolute Gasteiger partial charge is 0.379 e. The number of carbonyl (C=O) groups excluding carboxylic acids is 1. The summed E-state index contributed by atoms with van der Waals surface area (Å²) >= 11 is 0. The summed E-state index contributed by atoms with van der Waals surface area (Å²) in [5.41, 5.74) is 6.30. The van der Waals surface area contributed by atoms with E-state index in [1.807, 2.05) is 0 Å². The van der Waals surface area contributed by atoms with Gasteiger partial charge in [-0.15, -0.1) is 0 Å². The van der Waals surface area contributed by atoms with Crippen molar-refractivity contribution in [3.63, 3.8) is 0 Å². The molecule has 0 saturated carbocycles. The summed E-state index contributed by atoms with van der Waals surface area (Å²) in [4.78, 5) is 13.5. The summed E-state index contributed by atoms with van der Waals surface area (Å²) in [5, 5.41) is 0. The number of nitrogens with zero attached hydrogens (tertiary/aromatic N) is 1. The lowest BCUT2D eigenvalue weighted by atomic mass is 10.0. The number of nitrogens with two attached hydrogens (primary N) is 1. The summed E-state index contributed by atoms with van der Waals surface area (Å²) in [7, 11) is 1.61. The van der Waals surface area contributed by atoms with Crippen molar-refractivity contribution in [2.75, 3.05) is 25.2 Å². The van der Waals surface area contributed by atoms with E-state index in [0.717, 1.165) is 0 Å². The Bertz CT molecular complexity index is 425. The zero-order chi connectivity index (χ0) is 12.4. The molecular weight excluding hydrogens is 223 g/mol. The van der Waals surface area contributed by atoms with E-state index in [1.165, 1.54) is 17.0 Å². The predicted octanol–water partition coefficient (Wildman–Crippen LogP) is 0.762. The molecule has 1 aromatic rings. The maximum absolute atomic E-state index is 13.1. The van der Waals surface area contributed by atoms with E-state index >= 15 is 0 Å². The molecular formula is C12H15FN2O2. The van der Waals surface area contributed by atoms with E-state index < -0.39 is 0 Å². The van der Waals surface area contributed by atoms with Gasteiger partial charge in [0.1, 0.15) is 5.82 Å². The Labute approximate surface area is 99.2 Å². The molecule has 1 heterocycles. The number of ether oxygens (including phenoxy) is 1. The molecule has 4 nitrogen and oxygen atoms in total. The van der Waals surface area contributed by atoms with Gasteiger partial charge in [-0.2, -0.15) is 0 Å². The van der Waals surface area contributed by atoms with Crippen LogP contribution in [0.1, 0.15) is 0 Å². The van der Waals surface area contributed by atoms with Crippen LogP contribution in [0.15, 0.2) is 24.3 Å². The molecule has 1 aliphatic rings. The van der Waals surface area contributed by atoms with E-state index in [2.05, 4.69) is 0 Å². The molecule has 1 fully saturated rings. The monoisotopic (exact) mass is 238 g/mol. The first-order chi connectivity index (χ1) is 8.09. The Balaban J connectivity index is 2.14. The Morgan fingerprint density at radius 3 is 2.88 bits per heavy atom. The minimum Gasteiger partial charge on any atom is -0.379 e. The summed E-state index contributed by atoms with van der Waals surface area (Å²) in [6.07, 6.45) is 0. The van der Waals surface area contributed by atoms with Crippen molar-refractivity contribution in [2.45, 2.75) is 6.04 Å². The van der Waals surface area contributed by atoms with Crippen molar-refractivity contribution in [3.05, 3.63) is 30.1 Å². The molecule has 2 atom stereocenters. The van der Waals surface area contributed by atoms with Gasteiger partial charge in [0.2, 0.25) is 5.91 Å². The normalized spacial score (nSPS) is 23.7. The molecule has 1 aromatic carbocycles. The number of rotatable bonds is 2. The first kappa shape index (κ1) is 12.0. The topological polar surface area (TPSA) is 55.6 Å². The summed E-state index contributed by atoms with van der Waals surface area (Å²) in [5.74, 6) is -0.849. The van der Waals surface area contributed by atoms with Crippen LogP contribution in [0.5, 0.6) is 0 Å². The van der Waals surface area contributed by atoms with E-state index in [0.29, 0.717) is 18.9 Å². The number of halogens is 1. The van der Waals surface area contributed by atoms with Crippen molar-refractivity contribution < 1.29 is 13.9 Å². The second-order valence-corrected chi connectivity index (χ2v) is 4.18. The van der Waals surface area contributed by atoms with Crippen LogP contribution in [-0.4, -0.2) is 32.2 Å². The quantitative estimate of drug-likeness (QED) is 0.827. The molecule has 0 aromatic heterocycles. The van der Waals surface area contributed by atoms with Crippen molar-refractivity contribution in [2.24, 2.45) is 11.7 Å². The van der Waals surface area contributed by atoms with E-state index in [4.69, 9.17) is 10.5 Å². The highest BCUT2D eigenvalue weighted by atomic mass is 19.1. The fraction of sp³-hybridized carbons (Fsp3) is 0.417. The number of hydrogen-bond acceptors (Lipinski definition) is 3. The van der Waals surface area contributed by atoms with Crippen LogP contribution in [-0.2, 0) is 9.53 Å². The first-order valence-corrected chi connectivity index (χ1v) is 5.46. The highest BCUT2D eigenvalue weighted by Gasteiger charge is 2.33. The molecule has 0 bridgehead atoms. The Kier molecular flexibility index (Phi) is 3.40. The lowest BCUT2D eigenvalue weighted by Crippen LogP contribution is -2.42. The number of carbonyl (C=O) groups is 1. The molecule has 1 amide bonds. The smallest absolute Gasteiger partial charge is 0.233 e. The zero-order valence-electron chi connectivity index (χ0n) is 9.60. The van der Waals surface area contributed by atoms with Gasteiger partial charge in [-0.3, -0.25) is 4.79 Å². The Morgan fingerprint density at radius 1 is 1.53 bits per heavy atom. The van der Waals surface area contributed by atoms with Crippen molar-refractivity contribution >= 4 is 11.6 Å². The maximum Gasteiger partial charge on any atom is 0.233 e. The minimum atomic E-state index is -0.367. The van der Waals surface area contributed by atoms with Crippen molar-refractivity contribution in [1.29, 1.82) is 0 Å². The third kappa shape index (κ3) is 2.45. The van der Waals surface area contributed by atoms with Gasteiger partial charge >= 0.3 is 0 Å². The standard InChI is InChI=1S/C12H15FN2O2/c1-15(9-4-2-3-8(13)5-9)12(16)10-6-17-7-11(10)14/h2-5,10-11H,6-7,14H2,1H3. The third-order valence-electron chi connectivity index (χ3n) is 2.97. The highest BCUT2D eigenvalue weighted by molar-refractivity contribution is 5.95. The Morgan fingerprint density at radius 2 is 2.29 bits per heavy atom. The van der Waals surface area contributed by atoms with Gasteiger partial charge in [-0.25, -0.2) is 4.39 Å². The maximum atomic E-state index is 13.1. The lowest BCUT2D eigenvalue weighted by molar-refractivity contribution is -0.122. The average molecular weight is 238 g/mol. The van der Waals surface area contributed by atoms with Crippen LogP contribution >= 0.6 is 0 Å². The second-order valence-electron chi connectivity index (χ2n) is 4.18. The molecule has 2 rings (SSSR count). The Hall–Kier alpha value is -1.46. The second kappa shape index (κ2) is 4.81. The molecule has 1 aliphatic heterocycles. The molecule has 2 N–H and O–H groups in total. The van der Waals surface area contributed by atoms with Gasteiger partial charge in [-0.05, 0) is 18.2 Å². The summed E-state index contributed by atoms with van der Waals surface area (Å²) in [6, 6.07) is 5.63. The van der Waals surface area contributed by atoms with Crippen LogP contribution in [0.4, 0.5) is 10.1 Å².